The summed E-state index contributed by atoms with van der Waals surface area (Å²) >= 11 is 0. The average molecular weight is 203 g/mol. The Kier molecular flexibility index (Phi) is 2.98. The predicted octanol–water partition coefficient (Wildman–Crippen LogP) is 2.10. The summed E-state index contributed by atoms with van der Waals surface area (Å²) in [6, 6.07) is 4.94. The molecule has 1 rings (SSSR count). The minimum atomic E-state index is -3.52. The van der Waals surface area contributed by atoms with Crippen molar-refractivity contribution in [3.63, 3.8) is 0 Å². The maximum Gasteiger partial charge on any atom is 0.479 e. The van der Waals surface area contributed by atoms with Crippen LogP contribution in [0.3, 0.4) is 0 Å². The van der Waals surface area contributed by atoms with Crippen LogP contribution in [0.15, 0.2) is 36.7 Å². The van der Waals surface area contributed by atoms with Crippen LogP contribution in [-0.4, -0.2) is 9.79 Å². The molecule has 0 saturated heterocycles. The molecule has 0 unspecified atom stereocenters. The lowest BCUT2D eigenvalue weighted by Gasteiger charge is -2.06. The van der Waals surface area contributed by atoms with E-state index in [9.17, 15) is 4.39 Å². The van der Waals surface area contributed by atoms with Crippen molar-refractivity contribution in [2.24, 2.45) is 0 Å². The van der Waals surface area contributed by atoms with E-state index in [1.54, 1.807) is 0 Å². The Morgan fingerprint density at radius 1 is 1.31 bits per heavy atom. The molecule has 0 aliphatic heterocycles. The SMILES string of the molecule is C=C[P+](O)(O)Oc1ccc(F)cc1. The molecule has 2 N–H and O–H groups in total. The number of halogens is 1. The summed E-state index contributed by atoms with van der Waals surface area (Å²) < 4.78 is 17.2. The summed E-state index contributed by atoms with van der Waals surface area (Å²) in [5, 5.41) is 0. The molecule has 3 nitrogen and oxygen atoms in total. The van der Waals surface area contributed by atoms with Crippen molar-refractivity contribution >= 4 is 7.94 Å². The lowest BCUT2D eigenvalue weighted by molar-refractivity contribution is 0.353. The third kappa shape index (κ3) is 3.11. The molecule has 0 heterocycles. The third-order valence-corrected chi connectivity index (χ3v) is 2.25. The quantitative estimate of drug-likeness (QED) is 0.739. The van der Waals surface area contributed by atoms with Gasteiger partial charge in [-0.1, -0.05) is 6.58 Å². The van der Waals surface area contributed by atoms with Crippen molar-refractivity contribution in [2.75, 3.05) is 0 Å². The summed E-state index contributed by atoms with van der Waals surface area (Å²) in [6.45, 7) is 3.20. The highest BCUT2D eigenvalue weighted by molar-refractivity contribution is 7.63. The molecule has 0 aromatic heterocycles. The normalized spacial score (nSPS) is 11.0. The standard InChI is InChI=1S/C8H9FO3P/c1-2-13(10,11)12-8-5-3-7(9)4-6-8/h2-6,10-11H,1H2/q+1. The lowest BCUT2D eigenvalue weighted by Crippen LogP contribution is -1.95. The van der Waals surface area contributed by atoms with Gasteiger partial charge in [-0.15, -0.1) is 0 Å². The van der Waals surface area contributed by atoms with Gasteiger partial charge in [0, 0.05) is 0 Å². The topological polar surface area (TPSA) is 49.7 Å². The van der Waals surface area contributed by atoms with Gasteiger partial charge in [0.2, 0.25) is 0 Å². The summed E-state index contributed by atoms with van der Waals surface area (Å²) in [6.07, 6.45) is 0. The molecular formula is C8H9FO3P+. The Bertz CT molecular complexity index is 297. The van der Waals surface area contributed by atoms with Crippen LogP contribution >= 0.6 is 7.94 Å². The molecule has 1 aromatic rings. The Balaban J connectivity index is 2.75. The van der Waals surface area contributed by atoms with Gasteiger partial charge in [-0.25, -0.2) is 4.39 Å². The molecule has 0 fully saturated rings. The van der Waals surface area contributed by atoms with Crippen molar-refractivity contribution in [1.29, 1.82) is 0 Å². The van der Waals surface area contributed by atoms with Gasteiger partial charge < -0.3 is 0 Å². The zero-order chi connectivity index (χ0) is 9.90. The maximum atomic E-state index is 12.4. The van der Waals surface area contributed by atoms with Crippen molar-refractivity contribution < 1.29 is 18.7 Å². The summed E-state index contributed by atoms with van der Waals surface area (Å²) in [4.78, 5) is 18.2. The van der Waals surface area contributed by atoms with Gasteiger partial charge in [0.05, 0.1) is 0 Å². The van der Waals surface area contributed by atoms with Gasteiger partial charge in [0.15, 0.2) is 5.75 Å². The van der Waals surface area contributed by atoms with Crippen LogP contribution < -0.4 is 4.52 Å². The van der Waals surface area contributed by atoms with E-state index in [2.05, 4.69) is 6.58 Å². The first kappa shape index (κ1) is 10.1. The first-order valence-corrected chi connectivity index (χ1v) is 5.15. The molecule has 70 valence electrons. The van der Waals surface area contributed by atoms with Crippen LogP contribution in [0.1, 0.15) is 0 Å². The highest BCUT2D eigenvalue weighted by Crippen LogP contribution is 2.51. The minimum absolute atomic E-state index is 0.194. The van der Waals surface area contributed by atoms with Crippen molar-refractivity contribution in [2.45, 2.75) is 0 Å². The van der Waals surface area contributed by atoms with Crippen LogP contribution in [0.25, 0.3) is 0 Å². The van der Waals surface area contributed by atoms with Crippen LogP contribution in [0.2, 0.25) is 0 Å². The molecule has 0 aliphatic rings. The van der Waals surface area contributed by atoms with Gasteiger partial charge in [-0.2, -0.15) is 9.79 Å². The van der Waals surface area contributed by atoms with E-state index in [1.807, 2.05) is 0 Å². The van der Waals surface area contributed by atoms with E-state index in [1.165, 1.54) is 24.3 Å². The van der Waals surface area contributed by atoms with E-state index < -0.39 is 13.8 Å². The van der Waals surface area contributed by atoms with Gasteiger partial charge in [-0.05, 0) is 24.3 Å². The van der Waals surface area contributed by atoms with Gasteiger partial charge >= 0.3 is 7.94 Å². The monoisotopic (exact) mass is 203 g/mol. The molecule has 0 atom stereocenters. The molecular weight excluding hydrogens is 194 g/mol. The highest BCUT2D eigenvalue weighted by Gasteiger charge is 2.32. The highest BCUT2D eigenvalue weighted by atomic mass is 31.2. The molecule has 5 heteroatoms. The van der Waals surface area contributed by atoms with Crippen LogP contribution in [0, 0.1) is 5.82 Å². The fourth-order valence-electron chi connectivity index (χ4n) is 0.688. The van der Waals surface area contributed by atoms with Crippen molar-refractivity contribution in [1.82, 2.24) is 0 Å². The zero-order valence-corrected chi connectivity index (χ0v) is 7.62. The molecule has 0 amide bonds. The smallest absolute Gasteiger partial charge is 0.282 e. The molecule has 0 radical (unpaired) electrons. The zero-order valence-electron chi connectivity index (χ0n) is 6.72. The summed E-state index contributed by atoms with van der Waals surface area (Å²) in [5.74, 6) is 0.710. The lowest BCUT2D eigenvalue weighted by atomic mass is 10.3. The summed E-state index contributed by atoms with van der Waals surface area (Å²) in [7, 11) is -3.52. The second kappa shape index (κ2) is 3.83. The first-order valence-electron chi connectivity index (χ1n) is 3.46. The predicted molar refractivity (Wildman–Crippen MR) is 48.6 cm³/mol. The third-order valence-electron chi connectivity index (χ3n) is 1.29. The Morgan fingerprint density at radius 3 is 2.31 bits per heavy atom. The van der Waals surface area contributed by atoms with Crippen LogP contribution in [-0.2, 0) is 0 Å². The maximum absolute atomic E-state index is 12.4. The minimum Gasteiger partial charge on any atom is -0.282 e. The molecule has 0 spiro atoms. The van der Waals surface area contributed by atoms with Crippen molar-refractivity contribution in [3.05, 3.63) is 42.5 Å². The Morgan fingerprint density at radius 2 is 1.85 bits per heavy atom. The van der Waals surface area contributed by atoms with E-state index in [0.29, 0.717) is 0 Å². The Labute approximate surface area is 75.7 Å². The number of rotatable bonds is 3. The van der Waals surface area contributed by atoms with Crippen molar-refractivity contribution in [3.8, 4) is 5.75 Å². The van der Waals surface area contributed by atoms with Gasteiger partial charge in [0.1, 0.15) is 11.6 Å². The second-order valence-corrected chi connectivity index (χ2v) is 4.04. The molecule has 0 bridgehead atoms. The van der Waals surface area contributed by atoms with Crippen LogP contribution in [0.5, 0.6) is 5.75 Å². The van der Waals surface area contributed by atoms with E-state index in [-0.39, 0.29) is 5.75 Å². The Hall–Kier alpha value is -0.960. The molecule has 13 heavy (non-hydrogen) atoms. The fourth-order valence-corrected chi connectivity index (χ4v) is 1.19. The second-order valence-electron chi connectivity index (χ2n) is 2.32. The number of benzene rings is 1. The van der Waals surface area contributed by atoms with Gasteiger partial charge in [-0.3, -0.25) is 4.52 Å². The molecule has 1 aromatic carbocycles. The first-order chi connectivity index (χ1) is 6.03. The van der Waals surface area contributed by atoms with Crippen LogP contribution in [0.4, 0.5) is 4.39 Å². The summed E-state index contributed by atoms with van der Waals surface area (Å²) in [5.41, 5.74) is 0. The fraction of sp³-hybridized carbons (Fsp3) is 0. The van der Waals surface area contributed by atoms with E-state index >= 15 is 0 Å². The molecule has 0 aliphatic carbocycles. The largest absolute Gasteiger partial charge is 0.479 e. The number of hydrogen-bond donors (Lipinski definition) is 2. The van der Waals surface area contributed by atoms with E-state index in [0.717, 1.165) is 5.82 Å². The number of hydrogen-bond acceptors (Lipinski definition) is 3. The average Bonchev–Trinajstić information content (AvgIpc) is 2.09. The van der Waals surface area contributed by atoms with E-state index in [4.69, 9.17) is 14.3 Å². The molecule has 0 saturated carbocycles. The van der Waals surface area contributed by atoms with Gasteiger partial charge in [0.25, 0.3) is 0 Å².